The van der Waals surface area contributed by atoms with Crippen LogP contribution in [0.25, 0.3) is 20.5 Å². The van der Waals surface area contributed by atoms with Crippen LogP contribution in [0, 0.1) is 5.41 Å². The van der Waals surface area contributed by atoms with Crippen molar-refractivity contribution in [3.63, 3.8) is 0 Å². The van der Waals surface area contributed by atoms with Crippen LogP contribution in [-0.4, -0.2) is 29.4 Å². The highest BCUT2D eigenvalue weighted by Gasteiger charge is 2.22. The molecule has 3 aromatic carbocycles. The third kappa shape index (κ3) is 5.43. The van der Waals surface area contributed by atoms with Crippen LogP contribution >= 0.6 is 11.3 Å². The molecule has 0 saturated heterocycles. The molecule has 0 atom stereocenters. The summed E-state index contributed by atoms with van der Waals surface area (Å²) >= 11 is 1.50. The molecule has 0 bridgehead atoms. The van der Waals surface area contributed by atoms with Gasteiger partial charge in [-0.05, 0) is 93.1 Å². The van der Waals surface area contributed by atoms with Crippen LogP contribution in [0.5, 0.6) is 28.7 Å². The molecule has 0 radical (unpaired) electrons. The molecule has 2 N–H and O–H groups in total. The van der Waals surface area contributed by atoms with E-state index in [9.17, 15) is 15.0 Å². The van der Waals surface area contributed by atoms with Gasteiger partial charge in [-0.3, -0.25) is 4.79 Å². The minimum Gasteiger partial charge on any atom is -0.508 e. The van der Waals surface area contributed by atoms with Gasteiger partial charge in [0, 0.05) is 10.1 Å². The topological polar surface area (TPSA) is 85.2 Å². The monoisotopic (exact) mass is 478 g/mol. The van der Waals surface area contributed by atoms with E-state index in [0.717, 1.165) is 20.5 Å². The Kier molecular flexibility index (Phi) is 6.65. The van der Waals surface area contributed by atoms with Crippen LogP contribution in [0.2, 0.25) is 0 Å². The minimum absolute atomic E-state index is 0.179. The Morgan fingerprint density at radius 3 is 2.18 bits per heavy atom. The molecule has 0 saturated carbocycles. The lowest BCUT2D eigenvalue weighted by molar-refractivity contribution is -0.153. The maximum absolute atomic E-state index is 11.8. The fourth-order valence-electron chi connectivity index (χ4n) is 3.20. The first-order chi connectivity index (χ1) is 16.2. The van der Waals surface area contributed by atoms with E-state index >= 15 is 0 Å². The first-order valence-electron chi connectivity index (χ1n) is 10.8. The quantitative estimate of drug-likeness (QED) is 0.226. The maximum Gasteiger partial charge on any atom is 0.311 e. The summed E-state index contributed by atoms with van der Waals surface area (Å²) in [6, 6.07) is 19.3. The molecule has 0 spiro atoms. The Labute approximate surface area is 202 Å². The molecular formula is C27H26O6S. The molecule has 6 nitrogen and oxygen atoms in total. The smallest absolute Gasteiger partial charge is 0.311 e. The van der Waals surface area contributed by atoms with Crippen LogP contribution in [0.1, 0.15) is 20.8 Å². The summed E-state index contributed by atoms with van der Waals surface area (Å²) in [5, 5.41) is 20.4. The van der Waals surface area contributed by atoms with Crippen molar-refractivity contribution in [1.29, 1.82) is 0 Å². The molecule has 34 heavy (non-hydrogen) atoms. The summed E-state index contributed by atoms with van der Waals surface area (Å²) in [5.41, 5.74) is 0.362. The van der Waals surface area contributed by atoms with Gasteiger partial charge in [0.25, 0.3) is 0 Å². The first kappa shape index (κ1) is 23.4. The fraction of sp³-hybridized carbons (Fsp3) is 0.222. The lowest BCUT2D eigenvalue weighted by Gasteiger charge is -2.16. The standard InChI is InChI=1S/C27H26O6S/c1-27(2,3)26(30)32-15-14-31-20-9-11-21(12-10-20)33-24-22-13-8-19(29)16-23(22)34-25(24)17-4-6-18(28)7-5-17/h4-13,16,28-29H,14-15H2,1-3H3. The van der Waals surface area contributed by atoms with Gasteiger partial charge in [-0.15, -0.1) is 11.3 Å². The van der Waals surface area contributed by atoms with Gasteiger partial charge < -0.3 is 24.4 Å². The van der Waals surface area contributed by atoms with Crippen molar-refractivity contribution in [1.82, 2.24) is 0 Å². The van der Waals surface area contributed by atoms with Crippen molar-refractivity contribution in [2.75, 3.05) is 13.2 Å². The summed E-state index contributed by atoms with van der Waals surface area (Å²) in [4.78, 5) is 12.7. The molecule has 1 heterocycles. The van der Waals surface area contributed by atoms with Gasteiger partial charge in [0.1, 0.15) is 36.2 Å². The number of phenolic OH excluding ortho intramolecular Hbond substituents is 2. The number of aromatic hydroxyl groups is 2. The third-order valence-corrected chi connectivity index (χ3v) is 6.18. The van der Waals surface area contributed by atoms with Crippen molar-refractivity contribution in [2.45, 2.75) is 20.8 Å². The molecule has 0 fully saturated rings. The lowest BCUT2D eigenvalue weighted by Crippen LogP contribution is -2.24. The number of carbonyl (C=O) groups excluding carboxylic acids is 1. The SMILES string of the molecule is CC(C)(C)C(=O)OCCOc1ccc(Oc2c(-c3ccc(O)cc3)sc3cc(O)ccc23)cc1. The molecule has 0 aliphatic carbocycles. The van der Waals surface area contributed by atoms with Crippen molar-refractivity contribution in [3.8, 4) is 39.2 Å². The zero-order valence-electron chi connectivity index (χ0n) is 19.2. The molecular weight excluding hydrogens is 452 g/mol. The number of fused-ring (bicyclic) bond motifs is 1. The summed E-state index contributed by atoms with van der Waals surface area (Å²) in [7, 11) is 0. The van der Waals surface area contributed by atoms with Gasteiger partial charge in [0.05, 0.1) is 10.3 Å². The van der Waals surface area contributed by atoms with Crippen LogP contribution in [0.4, 0.5) is 0 Å². The Morgan fingerprint density at radius 2 is 1.50 bits per heavy atom. The average molecular weight is 479 g/mol. The molecule has 0 amide bonds. The van der Waals surface area contributed by atoms with E-state index in [1.807, 2.05) is 18.2 Å². The number of benzene rings is 3. The normalized spacial score (nSPS) is 11.4. The molecule has 4 aromatic rings. The van der Waals surface area contributed by atoms with Gasteiger partial charge in [-0.1, -0.05) is 0 Å². The highest BCUT2D eigenvalue weighted by Crippen LogP contribution is 2.47. The largest absolute Gasteiger partial charge is 0.508 e. The highest BCUT2D eigenvalue weighted by molar-refractivity contribution is 7.22. The second-order valence-electron chi connectivity index (χ2n) is 8.80. The average Bonchev–Trinajstić information content (AvgIpc) is 3.14. The van der Waals surface area contributed by atoms with Crippen molar-refractivity contribution in [2.24, 2.45) is 5.41 Å². The number of rotatable bonds is 7. The Balaban J connectivity index is 1.49. The lowest BCUT2D eigenvalue weighted by atomic mass is 9.97. The van der Waals surface area contributed by atoms with Gasteiger partial charge in [-0.25, -0.2) is 0 Å². The van der Waals surface area contributed by atoms with E-state index in [2.05, 4.69) is 0 Å². The predicted octanol–water partition coefficient (Wildman–Crippen LogP) is 6.74. The second kappa shape index (κ2) is 9.65. The number of hydrogen-bond acceptors (Lipinski definition) is 7. The van der Waals surface area contributed by atoms with Gasteiger partial charge >= 0.3 is 5.97 Å². The van der Waals surface area contributed by atoms with Gasteiger partial charge in [-0.2, -0.15) is 0 Å². The van der Waals surface area contributed by atoms with Crippen LogP contribution in [-0.2, 0) is 9.53 Å². The van der Waals surface area contributed by atoms with E-state index in [1.54, 1.807) is 69.3 Å². The van der Waals surface area contributed by atoms with Crippen LogP contribution in [0.15, 0.2) is 66.7 Å². The van der Waals surface area contributed by atoms with Gasteiger partial charge in [0.2, 0.25) is 0 Å². The van der Waals surface area contributed by atoms with E-state index < -0.39 is 5.41 Å². The zero-order chi connectivity index (χ0) is 24.3. The van der Waals surface area contributed by atoms with E-state index in [0.29, 0.717) is 17.2 Å². The number of thiophene rings is 1. The van der Waals surface area contributed by atoms with Crippen LogP contribution in [0.3, 0.4) is 0 Å². The van der Waals surface area contributed by atoms with Crippen molar-refractivity contribution in [3.05, 3.63) is 66.7 Å². The number of hydrogen-bond donors (Lipinski definition) is 2. The highest BCUT2D eigenvalue weighted by atomic mass is 32.1. The maximum atomic E-state index is 11.8. The van der Waals surface area contributed by atoms with E-state index in [4.69, 9.17) is 14.2 Å². The zero-order valence-corrected chi connectivity index (χ0v) is 20.0. The number of carbonyl (C=O) groups is 1. The summed E-state index contributed by atoms with van der Waals surface area (Å²) < 4.78 is 18.0. The summed E-state index contributed by atoms with van der Waals surface area (Å²) in [6.07, 6.45) is 0. The molecule has 1 aromatic heterocycles. The van der Waals surface area contributed by atoms with Gasteiger partial charge in [0.15, 0.2) is 5.75 Å². The van der Waals surface area contributed by atoms with Crippen molar-refractivity contribution < 1.29 is 29.2 Å². The fourth-order valence-corrected chi connectivity index (χ4v) is 4.37. The second-order valence-corrected chi connectivity index (χ2v) is 9.85. The van der Waals surface area contributed by atoms with Crippen molar-refractivity contribution >= 4 is 27.4 Å². The molecule has 176 valence electrons. The van der Waals surface area contributed by atoms with Crippen LogP contribution < -0.4 is 9.47 Å². The Hall–Kier alpha value is -3.71. The molecule has 0 aliphatic heterocycles. The number of esters is 1. The molecule has 7 heteroatoms. The Morgan fingerprint density at radius 1 is 0.853 bits per heavy atom. The summed E-state index contributed by atoms with van der Waals surface area (Å²) in [5.74, 6) is 2.05. The van der Waals surface area contributed by atoms with E-state index in [1.165, 1.54) is 11.3 Å². The molecule has 0 aliphatic rings. The number of ether oxygens (including phenoxy) is 3. The molecule has 4 rings (SSSR count). The first-order valence-corrected chi connectivity index (χ1v) is 11.7. The Bertz CT molecular complexity index is 1280. The summed E-state index contributed by atoms with van der Waals surface area (Å²) in [6.45, 7) is 5.86. The third-order valence-electron chi connectivity index (χ3n) is 5.00. The minimum atomic E-state index is -0.539. The predicted molar refractivity (Wildman–Crippen MR) is 133 cm³/mol. The van der Waals surface area contributed by atoms with E-state index in [-0.39, 0.29) is 30.7 Å². The number of phenols is 2. The molecule has 0 unspecified atom stereocenters.